The van der Waals surface area contributed by atoms with E-state index in [4.69, 9.17) is 10.2 Å². The number of hydrogen-bond acceptors (Lipinski definition) is 4. The SMILES string of the molecule is CCCCCCCCCCCCCC(=O)OCC(O)C(=O)O. The van der Waals surface area contributed by atoms with E-state index < -0.39 is 24.6 Å². The van der Waals surface area contributed by atoms with Crippen molar-refractivity contribution in [1.82, 2.24) is 0 Å². The van der Waals surface area contributed by atoms with E-state index in [1.165, 1.54) is 51.4 Å². The predicted octanol–water partition coefficient (Wildman–Crippen LogP) is 3.68. The summed E-state index contributed by atoms with van der Waals surface area (Å²) in [5.41, 5.74) is 0. The lowest BCUT2D eigenvalue weighted by atomic mass is 10.1. The molecule has 1 atom stereocenters. The molecule has 0 spiro atoms. The molecule has 130 valence electrons. The van der Waals surface area contributed by atoms with Gasteiger partial charge in [0.25, 0.3) is 0 Å². The van der Waals surface area contributed by atoms with Crippen LogP contribution in [0.15, 0.2) is 0 Å². The van der Waals surface area contributed by atoms with Crippen LogP contribution >= 0.6 is 0 Å². The maximum absolute atomic E-state index is 11.3. The molecule has 2 N–H and O–H groups in total. The quantitative estimate of drug-likeness (QED) is 0.356. The fraction of sp³-hybridized carbons (Fsp3) is 0.882. The number of aliphatic hydroxyl groups is 1. The summed E-state index contributed by atoms with van der Waals surface area (Å²) < 4.78 is 4.69. The number of aliphatic carboxylic acids is 1. The lowest BCUT2D eigenvalue weighted by molar-refractivity contribution is -0.156. The molecule has 0 heterocycles. The predicted molar refractivity (Wildman–Crippen MR) is 85.7 cm³/mol. The summed E-state index contributed by atoms with van der Waals surface area (Å²) in [5.74, 6) is -1.81. The number of ether oxygens (including phenoxy) is 1. The van der Waals surface area contributed by atoms with Crippen LogP contribution in [0.4, 0.5) is 0 Å². The maximum atomic E-state index is 11.3. The summed E-state index contributed by atoms with van der Waals surface area (Å²) in [6.07, 6.45) is 12.0. The monoisotopic (exact) mass is 316 g/mol. The van der Waals surface area contributed by atoms with E-state index in [1.807, 2.05) is 0 Å². The number of esters is 1. The Morgan fingerprint density at radius 1 is 0.864 bits per heavy atom. The van der Waals surface area contributed by atoms with Crippen LogP contribution in [0.1, 0.15) is 84.0 Å². The van der Waals surface area contributed by atoms with Gasteiger partial charge in [-0.05, 0) is 6.42 Å². The molecule has 0 aromatic carbocycles. The molecule has 0 bridgehead atoms. The van der Waals surface area contributed by atoms with Crippen LogP contribution < -0.4 is 0 Å². The van der Waals surface area contributed by atoms with Crippen molar-refractivity contribution in [2.24, 2.45) is 0 Å². The molecule has 5 heteroatoms. The van der Waals surface area contributed by atoms with Crippen molar-refractivity contribution in [3.05, 3.63) is 0 Å². The first-order chi connectivity index (χ1) is 10.6. The van der Waals surface area contributed by atoms with Crippen molar-refractivity contribution in [2.45, 2.75) is 90.1 Å². The van der Waals surface area contributed by atoms with Gasteiger partial charge in [0.2, 0.25) is 0 Å². The first kappa shape index (κ1) is 20.9. The van der Waals surface area contributed by atoms with Gasteiger partial charge in [-0.25, -0.2) is 4.79 Å². The van der Waals surface area contributed by atoms with Gasteiger partial charge in [-0.2, -0.15) is 0 Å². The van der Waals surface area contributed by atoms with Crippen molar-refractivity contribution < 1.29 is 24.5 Å². The number of rotatable bonds is 15. The number of carboxylic acid groups (broad SMARTS) is 1. The third-order valence-corrected chi connectivity index (χ3v) is 3.67. The highest BCUT2D eigenvalue weighted by molar-refractivity contribution is 5.73. The summed E-state index contributed by atoms with van der Waals surface area (Å²) in [5, 5.41) is 17.4. The van der Waals surface area contributed by atoms with Gasteiger partial charge in [-0.3, -0.25) is 4.79 Å². The molecule has 0 aliphatic heterocycles. The average molecular weight is 316 g/mol. The number of carbonyl (C=O) groups excluding carboxylic acids is 1. The Bertz CT molecular complexity index is 291. The van der Waals surface area contributed by atoms with Crippen LogP contribution in [0.3, 0.4) is 0 Å². The van der Waals surface area contributed by atoms with E-state index >= 15 is 0 Å². The minimum absolute atomic E-state index is 0.295. The van der Waals surface area contributed by atoms with Crippen LogP contribution in [0.25, 0.3) is 0 Å². The van der Waals surface area contributed by atoms with Gasteiger partial charge in [0.05, 0.1) is 0 Å². The van der Waals surface area contributed by atoms with E-state index in [0.29, 0.717) is 6.42 Å². The van der Waals surface area contributed by atoms with E-state index in [9.17, 15) is 9.59 Å². The molecule has 0 fully saturated rings. The Morgan fingerprint density at radius 2 is 1.32 bits per heavy atom. The van der Waals surface area contributed by atoms with Crippen LogP contribution in [-0.4, -0.2) is 34.9 Å². The van der Waals surface area contributed by atoms with Gasteiger partial charge in [0, 0.05) is 6.42 Å². The van der Waals surface area contributed by atoms with E-state index in [0.717, 1.165) is 19.3 Å². The lowest BCUT2D eigenvalue weighted by Crippen LogP contribution is -2.26. The zero-order valence-electron chi connectivity index (χ0n) is 13.9. The largest absolute Gasteiger partial charge is 0.479 e. The summed E-state index contributed by atoms with van der Waals surface area (Å²) in [4.78, 5) is 21.6. The molecular weight excluding hydrogens is 284 g/mol. The third-order valence-electron chi connectivity index (χ3n) is 3.67. The number of carboxylic acids is 1. The lowest BCUT2D eigenvalue weighted by Gasteiger charge is -2.07. The minimum Gasteiger partial charge on any atom is -0.479 e. The van der Waals surface area contributed by atoms with Crippen molar-refractivity contribution in [1.29, 1.82) is 0 Å². The highest BCUT2D eigenvalue weighted by Crippen LogP contribution is 2.12. The molecule has 0 radical (unpaired) electrons. The molecular formula is C17H32O5. The van der Waals surface area contributed by atoms with Crippen molar-refractivity contribution in [3.63, 3.8) is 0 Å². The first-order valence-electron chi connectivity index (χ1n) is 8.64. The van der Waals surface area contributed by atoms with E-state index in [1.54, 1.807) is 0 Å². The highest BCUT2D eigenvalue weighted by atomic mass is 16.5. The van der Waals surface area contributed by atoms with E-state index in [-0.39, 0.29) is 0 Å². The molecule has 0 aliphatic rings. The van der Waals surface area contributed by atoms with Gasteiger partial charge in [-0.1, -0.05) is 71.1 Å². The summed E-state index contributed by atoms with van der Waals surface area (Å²) in [7, 11) is 0. The fourth-order valence-corrected chi connectivity index (χ4v) is 2.25. The first-order valence-corrected chi connectivity index (χ1v) is 8.64. The van der Waals surface area contributed by atoms with E-state index in [2.05, 4.69) is 11.7 Å². The summed E-state index contributed by atoms with van der Waals surface area (Å²) in [6, 6.07) is 0. The smallest absolute Gasteiger partial charge is 0.336 e. The molecule has 0 amide bonds. The molecule has 0 aromatic rings. The zero-order valence-corrected chi connectivity index (χ0v) is 13.9. The van der Waals surface area contributed by atoms with Gasteiger partial charge in [0.1, 0.15) is 6.61 Å². The van der Waals surface area contributed by atoms with Gasteiger partial charge >= 0.3 is 11.9 Å². The van der Waals surface area contributed by atoms with Gasteiger partial charge < -0.3 is 14.9 Å². The molecule has 0 saturated carbocycles. The van der Waals surface area contributed by atoms with Crippen LogP contribution in [0.2, 0.25) is 0 Å². The van der Waals surface area contributed by atoms with Crippen molar-refractivity contribution in [2.75, 3.05) is 6.61 Å². The Balaban J connectivity index is 3.25. The Morgan fingerprint density at radius 3 is 1.77 bits per heavy atom. The average Bonchev–Trinajstić information content (AvgIpc) is 2.50. The van der Waals surface area contributed by atoms with Crippen LogP contribution in [0, 0.1) is 0 Å². The van der Waals surface area contributed by atoms with Crippen LogP contribution in [0.5, 0.6) is 0 Å². The second-order valence-corrected chi connectivity index (χ2v) is 5.82. The van der Waals surface area contributed by atoms with Gasteiger partial charge in [0.15, 0.2) is 6.10 Å². The number of aliphatic hydroxyl groups excluding tert-OH is 1. The zero-order chi connectivity index (χ0) is 16.6. The standard InChI is InChI=1S/C17H32O5/c1-2-3-4-5-6-7-8-9-10-11-12-13-16(19)22-14-15(18)17(20)21/h15,18H,2-14H2,1H3,(H,20,21). The second-order valence-electron chi connectivity index (χ2n) is 5.82. The molecule has 5 nitrogen and oxygen atoms in total. The Kier molecular flexibility index (Phi) is 14.1. The highest BCUT2D eigenvalue weighted by Gasteiger charge is 2.15. The molecule has 22 heavy (non-hydrogen) atoms. The van der Waals surface area contributed by atoms with Gasteiger partial charge in [-0.15, -0.1) is 0 Å². The third kappa shape index (κ3) is 13.9. The summed E-state index contributed by atoms with van der Waals surface area (Å²) >= 11 is 0. The summed E-state index contributed by atoms with van der Waals surface area (Å²) in [6.45, 7) is 1.76. The second kappa shape index (κ2) is 14.8. The normalized spacial score (nSPS) is 12.1. The van der Waals surface area contributed by atoms with Crippen molar-refractivity contribution >= 4 is 11.9 Å². The molecule has 0 saturated heterocycles. The molecule has 0 aromatic heterocycles. The molecule has 1 unspecified atom stereocenters. The Labute approximate surface area is 134 Å². The maximum Gasteiger partial charge on any atom is 0.336 e. The fourth-order valence-electron chi connectivity index (χ4n) is 2.25. The number of carbonyl (C=O) groups is 2. The van der Waals surface area contributed by atoms with Crippen molar-refractivity contribution in [3.8, 4) is 0 Å². The van der Waals surface area contributed by atoms with Crippen LogP contribution in [-0.2, 0) is 14.3 Å². The minimum atomic E-state index is -1.62. The number of hydrogen-bond donors (Lipinski definition) is 2. The molecule has 0 rings (SSSR count). The number of unbranched alkanes of at least 4 members (excludes halogenated alkanes) is 10. The molecule has 0 aliphatic carbocycles. The topological polar surface area (TPSA) is 83.8 Å². The Hall–Kier alpha value is -1.10.